The van der Waals surface area contributed by atoms with E-state index in [2.05, 4.69) is 5.32 Å². The summed E-state index contributed by atoms with van der Waals surface area (Å²) < 4.78 is 15.5. The normalized spacial score (nSPS) is 14.0. The van der Waals surface area contributed by atoms with Gasteiger partial charge in [0.25, 0.3) is 0 Å². The van der Waals surface area contributed by atoms with Crippen molar-refractivity contribution in [1.82, 2.24) is 5.32 Å². The Hall–Kier alpha value is -2.12. The van der Waals surface area contributed by atoms with Crippen LogP contribution in [-0.4, -0.2) is 48.7 Å². The molecule has 3 atom stereocenters. The SMILES string of the molecule is CCCCC(OC(C)=O)C(OC(C)=O)C(COC(C)=O)NC(C)=O. The number of hydrogen-bond donors (Lipinski definition) is 1. The number of carbonyl (C=O) groups excluding carboxylic acids is 4. The van der Waals surface area contributed by atoms with Gasteiger partial charge in [-0.3, -0.25) is 19.2 Å². The zero-order valence-electron chi connectivity index (χ0n) is 14.9. The summed E-state index contributed by atoms with van der Waals surface area (Å²) in [5.74, 6) is -2.04. The number of amides is 1. The zero-order chi connectivity index (χ0) is 18.7. The van der Waals surface area contributed by atoms with E-state index in [1.165, 1.54) is 27.7 Å². The van der Waals surface area contributed by atoms with Gasteiger partial charge in [0.05, 0.1) is 0 Å². The highest BCUT2D eigenvalue weighted by atomic mass is 16.6. The lowest BCUT2D eigenvalue weighted by atomic mass is 10.00. The van der Waals surface area contributed by atoms with Gasteiger partial charge in [-0.1, -0.05) is 13.3 Å². The standard InChI is InChI=1S/C16H27NO7/c1-6-7-8-15(23-12(4)20)16(24-13(5)21)14(17-10(2)18)9-22-11(3)19/h14-16H,6-9H2,1-5H3,(H,17,18). The lowest BCUT2D eigenvalue weighted by molar-refractivity contribution is -0.171. The third kappa shape index (κ3) is 9.81. The van der Waals surface area contributed by atoms with Crippen molar-refractivity contribution in [1.29, 1.82) is 0 Å². The van der Waals surface area contributed by atoms with E-state index in [1.807, 2.05) is 6.92 Å². The van der Waals surface area contributed by atoms with Crippen LogP contribution >= 0.6 is 0 Å². The maximum atomic E-state index is 11.5. The molecule has 0 fully saturated rings. The fourth-order valence-electron chi connectivity index (χ4n) is 2.20. The molecule has 0 saturated heterocycles. The Morgan fingerprint density at radius 1 is 0.917 bits per heavy atom. The van der Waals surface area contributed by atoms with Crippen LogP contribution < -0.4 is 5.32 Å². The molecule has 0 aromatic heterocycles. The van der Waals surface area contributed by atoms with E-state index >= 15 is 0 Å². The summed E-state index contributed by atoms with van der Waals surface area (Å²) in [5.41, 5.74) is 0. The lowest BCUT2D eigenvalue weighted by Crippen LogP contribution is -2.53. The molecule has 0 spiro atoms. The molecule has 0 aromatic carbocycles. The van der Waals surface area contributed by atoms with Crippen molar-refractivity contribution in [3.8, 4) is 0 Å². The van der Waals surface area contributed by atoms with E-state index in [0.29, 0.717) is 6.42 Å². The Labute approximate surface area is 142 Å². The zero-order valence-corrected chi connectivity index (χ0v) is 14.9. The van der Waals surface area contributed by atoms with Crippen molar-refractivity contribution < 1.29 is 33.4 Å². The van der Waals surface area contributed by atoms with Crippen LogP contribution in [0.25, 0.3) is 0 Å². The van der Waals surface area contributed by atoms with Gasteiger partial charge in [-0.05, 0) is 12.8 Å². The molecule has 1 N–H and O–H groups in total. The molecule has 0 aromatic rings. The van der Waals surface area contributed by atoms with Crippen LogP contribution in [0.15, 0.2) is 0 Å². The monoisotopic (exact) mass is 345 g/mol. The Balaban J connectivity index is 5.45. The summed E-state index contributed by atoms with van der Waals surface area (Å²) in [5, 5.41) is 2.59. The fraction of sp³-hybridized carbons (Fsp3) is 0.750. The van der Waals surface area contributed by atoms with Gasteiger partial charge in [0, 0.05) is 27.7 Å². The van der Waals surface area contributed by atoms with Gasteiger partial charge < -0.3 is 19.5 Å². The molecule has 0 rings (SSSR count). The molecule has 0 aliphatic rings. The topological polar surface area (TPSA) is 108 Å². The van der Waals surface area contributed by atoms with Crippen molar-refractivity contribution in [3.63, 3.8) is 0 Å². The molecule has 24 heavy (non-hydrogen) atoms. The van der Waals surface area contributed by atoms with E-state index in [-0.39, 0.29) is 12.5 Å². The van der Waals surface area contributed by atoms with Crippen molar-refractivity contribution >= 4 is 23.8 Å². The third-order valence-corrected chi connectivity index (χ3v) is 3.08. The van der Waals surface area contributed by atoms with E-state index < -0.39 is 36.2 Å². The molecular formula is C16H27NO7. The number of unbranched alkanes of at least 4 members (excludes halogenated alkanes) is 1. The van der Waals surface area contributed by atoms with Crippen molar-refractivity contribution in [2.45, 2.75) is 72.1 Å². The molecule has 3 unspecified atom stereocenters. The van der Waals surface area contributed by atoms with E-state index in [9.17, 15) is 19.2 Å². The molecule has 0 bridgehead atoms. The van der Waals surface area contributed by atoms with Gasteiger partial charge in [-0.15, -0.1) is 0 Å². The van der Waals surface area contributed by atoms with Crippen LogP contribution in [0.2, 0.25) is 0 Å². The number of ether oxygens (including phenoxy) is 3. The second-order valence-electron chi connectivity index (χ2n) is 5.47. The summed E-state index contributed by atoms with van der Waals surface area (Å²) >= 11 is 0. The van der Waals surface area contributed by atoms with E-state index in [4.69, 9.17) is 14.2 Å². The van der Waals surface area contributed by atoms with Crippen LogP contribution in [0, 0.1) is 0 Å². The summed E-state index contributed by atoms with van der Waals surface area (Å²) in [7, 11) is 0. The summed E-state index contributed by atoms with van der Waals surface area (Å²) in [4.78, 5) is 45.4. The van der Waals surface area contributed by atoms with Crippen molar-refractivity contribution in [3.05, 3.63) is 0 Å². The molecule has 0 aliphatic carbocycles. The number of rotatable bonds is 10. The predicted octanol–water partition coefficient (Wildman–Crippen LogP) is 1.11. The third-order valence-electron chi connectivity index (χ3n) is 3.08. The van der Waals surface area contributed by atoms with Gasteiger partial charge in [0.1, 0.15) is 18.8 Å². The number of hydrogen-bond acceptors (Lipinski definition) is 7. The summed E-state index contributed by atoms with van der Waals surface area (Å²) in [6.07, 6.45) is 0.319. The first-order valence-corrected chi connectivity index (χ1v) is 7.92. The minimum atomic E-state index is -0.957. The van der Waals surface area contributed by atoms with Gasteiger partial charge >= 0.3 is 17.9 Å². The Morgan fingerprint density at radius 3 is 1.92 bits per heavy atom. The van der Waals surface area contributed by atoms with Crippen LogP contribution in [0.3, 0.4) is 0 Å². The lowest BCUT2D eigenvalue weighted by Gasteiger charge is -2.32. The Bertz CT molecular complexity index is 450. The second kappa shape index (κ2) is 11.4. The molecule has 138 valence electrons. The maximum absolute atomic E-state index is 11.5. The predicted molar refractivity (Wildman–Crippen MR) is 84.9 cm³/mol. The van der Waals surface area contributed by atoms with Crippen molar-refractivity contribution in [2.24, 2.45) is 0 Å². The van der Waals surface area contributed by atoms with Gasteiger partial charge in [0.15, 0.2) is 6.10 Å². The largest absolute Gasteiger partial charge is 0.464 e. The molecule has 8 nitrogen and oxygen atoms in total. The summed E-state index contributed by atoms with van der Waals surface area (Å²) in [6.45, 7) is 6.76. The van der Waals surface area contributed by atoms with E-state index in [1.54, 1.807) is 0 Å². The smallest absolute Gasteiger partial charge is 0.303 e. The van der Waals surface area contributed by atoms with Crippen molar-refractivity contribution in [2.75, 3.05) is 6.61 Å². The average Bonchev–Trinajstić information content (AvgIpc) is 2.44. The fourth-order valence-corrected chi connectivity index (χ4v) is 2.20. The molecule has 0 saturated carbocycles. The molecule has 8 heteroatoms. The highest BCUT2D eigenvalue weighted by Crippen LogP contribution is 2.17. The Morgan fingerprint density at radius 2 is 1.50 bits per heavy atom. The highest BCUT2D eigenvalue weighted by Gasteiger charge is 2.35. The van der Waals surface area contributed by atoms with Crippen LogP contribution in [0.4, 0.5) is 0 Å². The van der Waals surface area contributed by atoms with Crippen LogP contribution in [-0.2, 0) is 33.4 Å². The maximum Gasteiger partial charge on any atom is 0.303 e. The number of nitrogens with one attached hydrogen (secondary N) is 1. The summed E-state index contributed by atoms with van der Waals surface area (Å²) in [6, 6.07) is -0.823. The van der Waals surface area contributed by atoms with Gasteiger partial charge in [-0.2, -0.15) is 0 Å². The Kier molecular flexibility index (Phi) is 10.4. The van der Waals surface area contributed by atoms with Gasteiger partial charge in [0.2, 0.25) is 5.91 Å². The first kappa shape index (κ1) is 21.9. The average molecular weight is 345 g/mol. The molecule has 0 aliphatic heterocycles. The molecule has 0 heterocycles. The molecule has 0 radical (unpaired) electrons. The quantitative estimate of drug-likeness (QED) is 0.466. The van der Waals surface area contributed by atoms with Crippen LogP contribution in [0.5, 0.6) is 0 Å². The molecule has 1 amide bonds. The second-order valence-corrected chi connectivity index (χ2v) is 5.47. The van der Waals surface area contributed by atoms with Crippen LogP contribution in [0.1, 0.15) is 53.9 Å². The minimum Gasteiger partial charge on any atom is -0.464 e. The number of esters is 3. The first-order valence-electron chi connectivity index (χ1n) is 7.92. The molecular weight excluding hydrogens is 318 g/mol. The highest BCUT2D eigenvalue weighted by molar-refractivity contribution is 5.73. The first-order chi connectivity index (χ1) is 11.2. The van der Waals surface area contributed by atoms with Gasteiger partial charge in [-0.25, -0.2) is 0 Å². The minimum absolute atomic E-state index is 0.198. The van der Waals surface area contributed by atoms with E-state index in [0.717, 1.165) is 12.8 Å². The number of carbonyl (C=O) groups is 4.